The molecule has 0 fully saturated rings. The predicted octanol–water partition coefficient (Wildman–Crippen LogP) is 4.02. The lowest BCUT2D eigenvalue weighted by atomic mass is 10.1. The maximum absolute atomic E-state index is 5.33. The Kier molecular flexibility index (Phi) is 3.57. The van der Waals surface area contributed by atoms with Crippen LogP contribution < -0.4 is 9.47 Å². The van der Waals surface area contributed by atoms with Gasteiger partial charge in [0, 0.05) is 24.3 Å². The van der Waals surface area contributed by atoms with E-state index in [0.29, 0.717) is 0 Å². The summed E-state index contributed by atoms with van der Waals surface area (Å²) >= 11 is 0. The molecule has 0 aliphatic rings. The van der Waals surface area contributed by atoms with Crippen molar-refractivity contribution in [3.05, 3.63) is 59.8 Å². The molecule has 0 aliphatic carbocycles. The molecule has 0 atom stereocenters. The molecule has 3 aromatic rings. The molecule has 0 saturated carbocycles. The molecule has 0 amide bonds. The van der Waals surface area contributed by atoms with Crippen LogP contribution in [-0.2, 0) is 6.54 Å². The fourth-order valence-electron chi connectivity index (χ4n) is 2.59. The van der Waals surface area contributed by atoms with E-state index in [2.05, 4.69) is 42.0 Å². The SMILES string of the molecule is COc1cc(Cn2ccc3ccc(C)cc32)cc(OC)c1. The summed E-state index contributed by atoms with van der Waals surface area (Å²) in [5, 5.41) is 1.26. The van der Waals surface area contributed by atoms with Gasteiger partial charge in [0.1, 0.15) is 11.5 Å². The van der Waals surface area contributed by atoms with E-state index in [-0.39, 0.29) is 0 Å². The van der Waals surface area contributed by atoms with E-state index < -0.39 is 0 Å². The highest BCUT2D eigenvalue weighted by Gasteiger charge is 2.05. The molecule has 0 N–H and O–H groups in total. The molecule has 21 heavy (non-hydrogen) atoms. The molecule has 0 spiro atoms. The quantitative estimate of drug-likeness (QED) is 0.721. The number of rotatable bonds is 4. The number of nitrogens with zero attached hydrogens (tertiary/aromatic N) is 1. The van der Waals surface area contributed by atoms with Crippen LogP contribution in [0, 0.1) is 6.92 Å². The Morgan fingerprint density at radius 3 is 2.29 bits per heavy atom. The molecule has 108 valence electrons. The van der Waals surface area contributed by atoms with Crippen LogP contribution in [0.2, 0.25) is 0 Å². The third kappa shape index (κ3) is 2.72. The Bertz CT molecular complexity index is 752. The summed E-state index contributed by atoms with van der Waals surface area (Å²) in [5.41, 5.74) is 3.67. The predicted molar refractivity (Wildman–Crippen MR) is 85.3 cm³/mol. The average molecular weight is 281 g/mol. The zero-order valence-electron chi connectivity index (χ0n) is 12.6. The number of ether oxygens (including phenoxy) is 2. The molecule has 0 unspecified atom stereocenters. The van der Waals surface area contributed by atoms with E-state index >= 15 is 0 Å². The lowest BCUT2D eigenvalue weighted by molar-refractivity contribution is 0.393. The fourth-order valence-corrected chi connectivity index (χ4v) is 2.59. The first-order chi connectivity index (χ1) is 10.2. The van der Waals surface area contributed by atoms with Gasteiger partial charge in [0.2, 0.25) is 0 Å². The number of fused-ring (bicyclic) bond motifs is 1. The number of aromatic nitrogens is 1. The molecule has 3 heteroatoms. The van der Waals surface area contributed by atoms with E-state index in [1.807, 2.05) is 18.2 Å². The van der Waals surface area contributed by atoms with Crippen LogP contribution in [0.1, 0.15) is 11.1 Å². The number of methoxy groups -OCH3 is 2. The van der Waals surface area contributed by atoms with Crippen molar-refractivity contribution >= 4 is 10.9 Å². The molecule has 3 nitrogen and oxygen atoms in total. The smallest absolute Gasteiger partial charge is 0.122 e. The Hall–Kier alpha value is -2.42. The molecular weight excluding hydrogens is 262 g/mol. The second-order valence-corrected chi connectivity index (χ2v) is 5.23. The molecule has 0 aliphatic heterocycles. The van der Waals surface area contributed by atoms with Gasteiger partial charge in [-0.1, -0.05) is 12.1 Å². The molecule has 0 bridgehead atoms. The van der Waals surface area contributed by atoms with Gasteiger partial charge in [-0.05, 0) is 47.7 Å². The number of aryl methyl sites for hydroxylation is 1. The second-order valence-electron chi connectivity index (χ2n) is 5.23. The average Bonchev–Trinajstić information content (AvgIpc) is 2.89. The maximum atomic E-state index is 5.33. The second kappa shape index (κ2) is 5.52. The van der Waals surface area contributed by atoms with Crippen LogP contribution >= 0.6 is 0 Å². The first-order valence-electron chi connectivity index (χ1n) is 6.97. The minimum atomic E-state index is 0.792. The number of hydrogen-bond donors (Lipinski definition) is 0. The van der Waals surface area contributed by atoms with Gasteiger partial charge in [-0.25, -0.2) is 0 Å². The molecule has 2 aromatic carbocycles. The van der Waals surface area contributed by atoms with Gasteiger partial charge in [-0.3, -0.25) is 0 Å². The van der Waals surface area contributed by atoms with E-state index in [1.165, 1.54) is 16.5 Å². The highest BCUT2D eigenvalue weighted by molar-refractivity contribution is 5.80. The van der Waals surface area contributed by atoms with Gasteiger partial charge in [0.05, 0.1) is 14.2 Å². The summed E-state index contributed by atoms with van der Waals surface area (Å²) in [6.45, 7) is 2.91. The highest BCUT2D eigenvalue weighted by Crippen LogP contribution is 2.25. The molecule has 3 rings (SSSR count). The Labute approximate surface area is 124 Å². The third-order valence-corrected chi connectivity index (χ3v) is 3.69. The first-order valence-corrected chi connectivity index (χ1v) is 6.97. The van der Waals surface area contributed by atoms with E-state index in [9.17, 15) is 0 Å². The first kappa shape index (κ1) is 13.6. The minimum absolute atomic E-state index is 0.792. The third-order valence-electron chi connectivity index (χ3n) is 3.69. The lowest BCUT2D eigenvalue weighted by Gasteiger charge is -2.10. The molecular formula is C18H19NO2. The Balaban J connectivity index is 2.00. The summed E-state index contributed by atoms with van der Waals surface area (Å²) in [6, 6.07) is 14.6. The van der Waals surface area contributed by atoms with Crippen molar-refractivity contribution in [2.24, 2.45) is 0 Å². The summed E-state index contributed by atoms with van der Waals surface area (Å²) in [7, 11) is 3.35. The van der Waals surface area contributed by atoms with Crippen molar-refractivity contribution in [3.63, 3.8) is 0 Å². The lowest BCUT2D eigenvalue weighted by Crippen LogP contribution is -1.99. The summed E-state index contributed by atoms with van der Waals surface area (Å²) in [5.74, 6) is 1.63. The minimum Gasteiger partial charge on any atom is -0.497 e. The van der Waals surface area contributed by atoms with Crippen molar-refractivity contribution in [2.45, 2.75) is 13.5 Å². The van der Waals surface area contributed by atoms with Gasteiger partial charge >= 0.3 is 0 Å². The van der Waals surface area contributed by atoms with Gasteiger partial charge in [0.25, 0.3) is 0 Å². The summed E-state index contributed by atoms with van der Waals surface area (Å²) in [4.78, 5) is 0. The van der Waals surface area contributed by atoms with Gasteiger partial charge in [-0.2, -0.15) is 0 Å². The van der Waals surface area contributed by atoms with Crippen LogP contribution in [0.4, 0.5) is 0 Å². The van der Waals surface area contributed by atoms with Crippen molar-refractivity contribution < 1.29 is 9.47 Å². The maximum Gasteiger partial charge on any atom is 0.122 e. The van der Waals surface area contributed by atoms with Crippen LogP contribution in [0.25, 0.3) is 10.9 Å². The van der Waals surface area contributed by atoms with Gasteiger partial charge in [-0.15, -0.1) is 0 Å². The molecule has 0 saturated heterocycles. The van der Waals surface area contributed by atoms with Crippen molar-refractivity contribution in [1.29, 1.82) is 0 Å². The zero-order valence-corrected chi connectivity index (χ0v) is 12.6. The summed E-state index contributed by atoms with van der Waals surface area (Å²) < 4.78 is 12.9. The van der Waals surface area contributed by atoms with Crippen LogP contribution in [-0.4, -0.2) is 18.8 Å². The number of hydrogen-bond acceptors (Lipinski definition) is 2. The normalized spacial score (nSPS) is 10.8. The van der Waals surface area contributed by atoms with Crippen LogP contribution in [0.3, 0.4) is 0 Å². The van der Waals surface area contributed by atoms with E-state index in [1.54, 1.807) is 14.2 Å². The van der Waals surface area contributed by atoms with Crippen molar-refractivity contribution in [1.82, 2.24) is 4.57 Å². The molecule has 1 heterocycles. The number of benzene rings is 2. The monoisotopic (exact) mass is 281 g/mol. The standard InChI is InChI=1S/C18H19NO2/c1-13-4-5-15-6-7-19(18(15)8-13)12-14-9-16(20-2)11-17(10-14)21-3/h4-11H,12H2,1-3H3. The highest BCUT2D eigenvalue weighted by atomic mass is 16.5. The Morgan fingerprint density at radius 2 is 1.62 bits per heavy atom. The van der Waals surface area contributed by atoms with Crippen LogP contribution in [0.5, 0.6) is 11.5 Å². The van der Waals surface area contributed by atoms with E-state index in [4.69, 9.17) is 9.47 Å². The van der Waals surface area contributed by atoms with Crippen molar-refractivity contribution in [2.75, 3.05) is 14.2 Å². The zero-order chi connectivity index (χ0) is 14.8. The fraction of sp³-hybridized carbons (Fsp3) is 0.222. The molecule has 1 aromatic heterocycles. The Morgan fingerprint density at radius 1 is 0.905 bits per heavy atom. The van der Waals surface area contributed by atoms with Crippen LogP contribution in [0.15, 0.2) is 48.7 Å². The summed E-state index contributed by atoms with van der Waals surface area (Å²) in [6.07, 6.45) is 2.12. The largest absolute Gasteiger partial charge is 0.497 e. The van der Waals surface area contributed by atoms with Gasteiger partial charge in [0.15, 0.2) is 0 Å². The molecule has 0 radical (unpaired) electrons. The van der Waals surface area contributed by atoms with E-state index in [0.717, 1.165) is 23.6 Å². The van der Waals surface area contributed by atoms with Gasteiger partial charge < -0.3 is 14.0 Å². The topological polar surface area (TPSA) is 23.4 Å². The van der Waals surface area contributed by atoms with Crippen molar-refractivity contribution in [3.8, 4) is 11.5 Å².